The summed E-state index contributed by atoms with van der Waals surface area (Å²) in [7, 11) is -2.33. The lowest BCUT2D eigenvalue weighted by atomic mass is 10.2. The zero-order valence-corrected chi connectivity index (χ0v) is 16.1. The smallest absolute Gasteiger partial charge is 0.239 e. The van der Waals surface area contributed by atoms with E-state index >= 15 is 0 Å². The number of morpholine rings is 1. The van der Waals surface area contributed by atoms with Crippen molar-refractivity contribution in [3.05, 3.63) is 23.8 Å². The summed E-state index contributed by atoms with van der Waals surface area (Å²) in [4.78, 5) is 15.7. The van der Waals surface area contributed by atoms with Crippen LogP contribution in [0.2, 0.25) is 0 Å². The van der Waals surface area contributed by atoms with Gasteiger partial charge in [-0.15, -0.1) is 0 Å². The van der Waals surface area contributed by atoms with Crippen LogP contribution in [0.1, 0.15) is 18.4 Å². The van der Waals surface area contributed by atoms with Crippen molar-refractivity contribution in [2.24, 2.45) is 4.36 Å². The molecule has 0 aromatic carbocycles. The topological polar surface area (TPSA) is 85.5 Å². The van der Waals surface area contributed by atoms with E-state index in [4.69, 9.17) is 9.72 Å². The molecule has 0 spiro atoms. The van der Waals surface area contributed by atoms with Crippen molar-refractivity contribution < 1.29 is 8.95 Å². The molecule has 2 aromatic heterocycles. The first-order chi connectivity index (χ1) is 11.7. The summed E-state index contributed by atoms with van der Waals surface area (Å²) in [5.74, 6) is 2.47. The molecule has 1 atom stereocenters. The first kappa shape index (κ1) is 17.8. The van der Waals surface area contributed by atoms with Gasteiger partial charge in [-0.1, -0.05) is 0 Å². The second-order valence-electron chi connectivity index (χ2n) is 6.56. The molecule has 8 nitrogen and oxygen atoms in total. The predicted octanol–water partition coefficient (Wildman–Crippen LogP) is 1.86. The first-order valence-corrected chi connectivity index (χ1v) is 10.5. The van der Waals surface area contributed by atoms with Gasteiger partial charge in [0.1, 0.15) is 11.6 Å². The van der Waals surface area contributed by atoms with Crippen molar-refractivity contribution in [1.82, 2.24) is 19.5 Å². The summed E-state index contributed by atoms with van der Waals surface area (Å²) in [6.07, 6.45) is 4.97. The standard InChI is InChI=1S/C16H24N6O2S/c1-11-9-17-13(3)22(11)16-18-14(20-25(4,5)23)8-15(19-16)21-6-7-24-10-12(21)2/h8-9,12H,6-7,10H2,1-5H3/t12-/m1/s1. The van der Waals surface area contributed by atoms with Crippen LogP contribution in [0.5, 0.6) is 0 Å². The molecule has 0 aliphatic carbocycles. The van der Waals surface area contributed by atoms with Crippen LogP contribution in [0, 0.1) is 13.8 Å². The molecule has 0 saturated carbocycles. The van der Waals surface area contributed by atoms with Gasteiger partial charge >= 0.3 is 0 Å². The summed E-state index contributed by atoms with van der Waals surface area (Å²) in [6, 6.07) is 1.99. The highest BCUT2D eigenvalue weighted by Crippen LogP contribution is 2.25. The van der Waals surface area contributed by atoms with Gasteiger partial charge in [0.15, 0.2) is 5.82 Å². The fourth-order valence-corrected chi connectivity index (χ4v) is 3.40. The number of anilines is 1. The SMILES string of the molecule is Cc1cnc(C)n1-c1nc(N=S(C)(C)=O)cc(N2CCOC[C@H]2C)n1. The van der Waals surface area contributed by atoms with Crippen molar-refractivity contribution in [3.63, 3.8) is 0 Å². The van der Waals surface area contributed by atoms with Crippen LogP contribution in [-0.4, -0.2) is 62.0 Å². The second kappa shape index (κ2) is 6.72. The third-order valence-corrected chi connectivity index (χ3v) is 4.60. The van der Waals surface area contributed by atoms with Gasteiger partial charge in [-0.05, 0) is 20.8 Å². The molecule has 136 valence electrons. The average Bonchev–Trinajstić information content (AvgIpc) is 2.84. The molecule has 2 aromatic rings. The van der Waals surface area contributed by atoms with E-state index < -0.39 is 9.73 Å². The van der Waals surface area contributed by atoms with Gasteiger partial charge in [-0.25, -0.2) is 9.19 Å². The molecular weight excluding hydrogens is 340 g/mol. The Kier molecular flexibility index (Phi) is 4.79. The molecule has 1 fully saturated rings. The van der Waals surface area contributed by atoms with Gasteiger partial charge in [-0.2, -0.15) is 14.3 Å². The highest BCUT2D eigenvalue weighted by Gasteiger charge is 2.22. The molecule has 0 radical (unpaired) electrons. The van der Waals surface area contributed by atoms with Gasteiger partial charge in [-0.3, -0.25) is 4.57 Å². The van der Waals surface area contributed by atoms with Crippen molar-refractivity contribution in [2.45, 2.75) is 26.8 Å². The first-order valence-electron chi connectivity index (χ1n) is 8.16. The zero-order chi connectivity index (χ0) is 18.2. The lowest BCUT2D eigenvalue weighted by Gasteiger charge is -2.34. The van der Waals surface area contributed by atoms with E-state index in [1.807, 2.05) is 18.4 Å². The maximum Gasteiger partial charge on any atom is 0.239 e. The van der Waals surface area contributed by atoms with Crippen molar-refractivity contribution >= 4 is 21.4 Å². The summed E-state index contributed by atoms with van der Waals surface area (Å²) in [5.41, 5.74) is 0.935. The number of rotatable bonds is 3. The van der Waals surface area contributed by atoms with Crippen LogP contribution in [0.3, 0.4) is 0 Å². The Morgan fingerprint density at radius 3 is 2.68 bits per heavy atom. The van der Waals surface area contributed by atoms with Crippen molar-refractivity contribution in [1.29, 1.82) is 0 Å². The van der Waals surface area contributed by atoms with Crippen molar-refractivity contribution in [3.8, 4) is 5.95 Å². The molecule has 25 heavy (non-hydrogen) atoms. The molecule has 0 N–H and O–H groups in total. The van der Waals surface area contributed by atoms with Crippen LogP contribution >= 0.6 is 0 Å². The van der Waals surface area contributed by atoms with E-state index in [-0.39, 0.29) is 6.04 Å². The van der Waals surface area contributed by atoms with E-state index in [1.54, 1.807) is 24.8 Å². The van der Waals surface area contributed by atoms with E-state index in [2.05, 4.69) is 26.2 Å². The summed E-state index contributed by atoms with van der Waals surface area (Å²) in [6.45, 7) is 7.98. The van der Waals surface area contributed by atoms with Crippen molar-refractivity contribution in [2.75, 3.05) is 37.2 Å². The minimum atomic E-state index is -2.33. The predicted molar refractivity (Wildman–Crippen MR) is 98.3 cm³/mol. The molecule has 3 heterocycles. The van der Waals surface area contributed by atoms with Gasteiger partial charge in [0.25, 0.3) is 0 Å². The fourth-order valence-electron chi connectivity index (χ4n) is 2.86. The maximum atomic E-state index is 12.2. The minimum absolute atomic E-state index is 0.196. The molecule has 9 heteroatoms. The van der Waals surface area contributed by atoms with E-state index in [0.29, 0.717) is 25.0 Å². The molecule has 0 amide bonds. The average molecular weight is 364 g/mol. The Morgan fingerprint density at radius 1 is 1.32 bits per heavy atom. The molecule has 1 aliphatic rings. The number of nitrogens with zero attached hydrogens (tertiary/aromatic N) is 6. The Hall–Kier alpha value is -2.00. The minimum Gasteiger partial charge on any atom is -0.377 e. The normalized spacial score (nSPS) is 18.4. The molecular formula is C16H24N6O2S. The van der Waals surface area contributed by atoms with Crippen LogP contribution in [0.25, 0.3) is 5.95 Å². The molecule has 1 saturated heterocycles. The summed E-state index contributed by atoms with van der Waals surface area (Å²) >= 11 is 0. The Morgan fingerprint density at radius 2 is 2.08 bits per heavy atom. The van der Waals surface area contributed by atoms with Crippen LogP contribution in [0.4, 0.5) is 11.6 Å². The number of hydrogen-bond donors (Lipinski definition) is 0. The monoisotopic (exact) mass is 364 g/mol. The highest BCUT2D eigenvalue weighted by atomic mass is 32.2. The lowest BCUT2D eigenvalue weighted by Crippen LogP contribution is -2.44. The third-order valence-electron chi connectivity index (χ3n) is 3.98. The maximum absolute atomic E-state index is 12.2. The van der Waals surface area contributed by atoms with Gasteiger partial charge in [0.05, 0.1) is 19.3 Å². The molecule has 3 rings (SSSR count). The number of ether oxygens (including phenoxy) is 1. The second-order valence-corrected chi connectivity index (χ2v) is 9.10. The molecule has 0 unspecified atom stereocenters. The van der Waals surface area contributed by atoms with Gasteiger partial charge in [0, 0.05) is 46.7 Å². The number of hydrogen-bond acceptors (Lipinski definition) is 7. The van der Waals surface area contributed by atoms with E-state index in [0.717, 1.165) is 23.9 Å². The summed E-state index contributed by atoms with van der Waals surface area (Å²) < 4.78 is 23.8. The number of imidazole rings is 1. The highest BCUT2D eigenvalue weighted by molar-refractivity contribution is 7.92. The van der Waals surface area contributed by atoms with E-state index in [1.165, 1.54) is 0 Å². The van der Waals surface area contributed by atoms with E-state index in [9.17, 15) is 4.21 Å². The molecule has 1 aliphatic heterocycles. The zero-order valence-electron chi connectivity index (χ0n) is 15.3. The number of aromatic nitrogens is 4. The Labute approximate surface area is 148 Å². The lowest BCUT2D eigenvalue weighted by molar-refractivity contribution is 0.0985. The number of aryl methyl sites for hydroxylation is 2. The fraction of sp³-hybridized carbons (Fsp3) is 0.562. The largest absolute Gasteiger partial charge is 0.377 e. The third kappa shape index (κ3) is 3.98. The van der Waals surface area contributed by atoms with Gasteiger partial charge in [0.2, 0.25) is 5.95 Å². The van der Waals surface area contributed by atoms with Gasteiger partial charge < -0.3 is 9.64 Å². The van der Waals surface area contributed by atoms with Crippen LogP contribution in [-0.2, 0) is 14.5 Å². The quantitative estimate of drug-likeness (QED) is 0.826. The van der Waals surface area contributed by atoms with Crippen LogP contribution in [0.15, 0.2) is 16.6 Å². The summed E-state index contributed by atoms with van der Waals surface area (Å²) in [5, 5.41) is 0. The molecule has 0 bridgehead atoms. The Balaban J connectivity index is 2.17. The Bertz CT molecular complexity index is 873. The van der Waals surface area contributed by atoms with Crippen LogP contribution < -0.4 is 4.90 Å².